The first kappa shape index (κ1) is 16.4. The molecule has 2 atom stereocenters. The van der Waals surface area contributed by atoms with E-state index in [9.17, 15) is 4.79 Å². The molecule has 112 valence electrons. The van der Waals surface area contributed by atoms with Gasteiger partial charge < -0.3 is 20.3 Å². The summed E-state index contributed by atoms with van der Waals surface area (Å²) in [6, 6.07) is 0.307. The van der Waals surface area contributed by atoms with Crippen LogP contribution in [0.2, 0.25) is 0 Å². The standard InChI is InChI=1S/C13H26N2O4/c1-19-13(18)8-11-7-12(14-3-2-5-16)10-15(9-11)4-6-17/h11-12,14,16-17H,2-10H2,1H3. The molecule has 1 fully saturated rings. The molecule has 1 heterocycles. The maximum atomic E-state index is 11.4. The lowest BCUT2D eigenvalue weighted by molar-refractivity contribution is -0.142. The van der Waals surface area contributed by atoms with Gasteiger partial charge in [-0.25, -0.2) is 0 Å². The van der Waals surface area contributed by atoms with Crippen molar-refractivity contribution in [3.8, 4) is 0 Å². The molecule has 1 aliphatic heterocycles. The van der Waals surface area contributed by atoms with Gasteiger partial charge in [0.25, 0.3) is 0 Å². The molecular formula is C13H26N2O4. The number of ether oxygens (including phenoxy) is 1. The molecule has 0 amide bonds. The highest BCUT2D eigenvalue weighted by Crippen LogP contribution is 2.20. The third kappa shape index (κ3) is 6.33. The highest BCUT2D eigenvalue weighted by Gasteiger charge is 2.28. The van der Waals surface area contributed by atoms with Crippen molar-refractivity contribution in [1.82, 2.24) is 10.2 Å². The maximum Gasteiger partial charge on any atom is 0.305 e. The summed E-state index contributed by atoms with van der Waals surface area (Å²) in [5.74, 6) is 0.0873. The minimum Gasteiger partial charge on any atom is -0.469 e. The topological polar surface area (TPSA) is 82.0 Å². The SMILES string of the molecule is COC(=O)CC1CC(NCCCO)CN(CCO)C1. The Labute approximate surface area is 114 Å². The number of carbonyl (C=O) groups excluding carboxylic acids is 1. The molecule has 0 aromatic rings. The van der Waals surface area contributed by atoms with Crippen molar-refractivity contribution in [1.29, 1.82) is 0 Å². The maximum absolute atomic E-state index is 11.4. The summed E-state index contributed by atoms with van der Waals surface area (Å²) in [4.78, 5) is 13.5. The molecule has 1 saturated heterocycles. The number of piperidine rings is 1. The number of hydrogen-bond donors (Lipinski definition) is 3. The van der Waals surface area contributed by atoms with Gasteiger partial charge in [0, 0.05) is 38.7 Å². The fourth-order valence-corrected chi connectivity index (χ4v) is 2.63. The quantitative estimate of drug-likeness (QED) is 0.397. The van der Waals surface area contributed by atoms with Crippen LogP contribution < -0.4 is 5.32 Å². The molecule has 1 rings (SSSR count). The molecule has 2 unspecified atom stereocenters. The summed E-state index contributed by atoms with van der Waals surface area (Å²) in [5, 5.41) is 21.2. The van der Waals surface area contributed by atoms with E-state index in [4.69, 9.17) is 14.9 Å². The van der Waals surface area contributed by atoms with Gasteiger partial charge in [-0.05, 0) is 25.3 Å². The Hall–Kier alpha value is -0.690. The molecule has 0 spiro atoms. The zero-order valence-electron chi connectivity index (χ0n) is 11.7. The van der Waals surface area contributed by atoms with E-state index in [1.807, 2.05) is 0 Å². The van der Waals surface area contributed by atoms with Gasteiger partial charge in [0.1, 0.15) is 0 Å². The van der Waals surface area contributed by atoms with Crippen LogP contribution in [0.15, 0.2) is 0 Å². The van der Waals surface area contributed by atoms with Crippen LogP contribution in [-0.4, -0.2) is 73.6 Å². The van der Waals surface area contributed by atoms with Crippen molar-refractivity contribution >= 4 is 5.97 Å². The summed E-state index contributed by atoms with van der Waals surface area (Å²) in [6.45, 7) is 3.44. The fraction of sp³-hybridized carbons (Fsp3) is 0.923. The summed E-state index contributed by atoms with van der Waals surface area (Å²) in [6.07, 6.45) is 2.09. The van der Waals surface area contributed by atoms with E-state index >= 15 is 0 Å². The van der Waals surface area contributed by atoms with Gasteiger partial charge in [-0.2, -0.15) is 0 Å². The Morgan fingerprint density at radius 2 is 2.16 bits per heavy atom. The van der Waals surface area contributed by atoms with Gasteiger partial charge >= 0.3 is 5.97 Å². The molecule has 0 radical (unpaired) electrons. The molecule has 3 N–H and O–H groups in total. The number of likely N-dealkylation sites (tertiary alicyclic amines) is 1. The summed E-state index contributed by atoms with van der Waals surface area (Å²) in [7, 11) is 1.41. The van der Waals surface area contributed by atoms with E-state index in [1.165, 1.54) is 7.11 Å². The Kier molecular flexibility index (Phi) is 7.97. The largest absolute Gasteiger partial charge is 0.469 e. The second-order valence-corrected chi connectivity index (χ2v) is 5.09. The zero-order chi connectivity index (χ0) is 14.1. The predicted molar refractivity (Wildman–Crippen MR) is 71.8 cm³/mol. The van der Waals surface area contributed by atoms with Gasteiger partial charge in [-0.3, -0.25) is 9.69 Å². The van der Waals surface area contributed by atoms with Crippen LogP contribution in [0.4, 0.5) is 0 Å². The number of carbonyl (C=O) groups is 1. The summed E-state index contributed by atoms with van der Waals surface area (Å²) >= 11 is 0. The van der Waals surface area contributed by atoms with Crippen LogP contribution in [0.5, 0.6) is 0 Å². The van der Waals surface area contributed by atoms with Crippen LogP contribution in [0, 0.1) is 5.92 Å². The number of methoxy groups -OCH3 is 1. The first-order chi connectivity index (χ1) is 9.19. The minimum absolute atomic E-state index is 0.133. The van der Waals surface area contributed by atoms with Gasteiger partial charge in [0.05, 0.1) is 13.7 Å². The molecule has 1 aliphatic rings. The summed E-state index contributed by atoms with van der Waals surface area (Å²) < 4.78 is 4.72. The van der Waals surface area contributed by atoms with Crippen molar-refractivity contribution < 1.29 is 19.7 Å². The minimum atomic E-state index is -0.176. The smallest absolute Gasteiger partial charge is 0.305 e. The van der Waals surface area contributed by atoms with Crippen LogP contribution in [0.25, 0.3) is 0 Å². The number of aliphatic hydroxyl groups is 2. The van der Waals surface area contributed by atoms with Gasteiger partial charge in [0.2, 0.25) is 0 Å². The molecule has 0 bridgehead atoms. The van der Waals surface area contributed by atoms with Crippen LogP contribution in [0.1, 0.15) is 19.3 Å². The average molecular weight is 274 g/mol. The molecule has 0 saturated carbocycles. The Bertz CT molecular complexity index is 263. The highest BCUT2D eigenvalue weighted by molar-refractivity contribution is 5.69. The number of β-amino-alcohol motifs (C(OH)–C–C–N with tert-alkyl or cyclic N) is 1. The Morgan fingerprint density at radius 1 is 1.37 bits per heavy atom. The number of rotatable bonds is 8. The van der Waals surface area contributed by atoms with Crippen molar-refractivity contribution in [2.45, 2.75) is 25.3 Å². The molecule has 19 heavy (non-hydrogen) atoms. The molecule has 6 heteroatoms. The molecular weight excluding hydrogens is 248 g/mol. The first-order valence-corrected chi connectivity index (χ1v) is 6.93. The fourth-order valence-electron chi connectivity index (χ4n) is 2.63. The first-order valence-electron chi connectivity index (χ1n) is 6.93. The number of nitrogens with zero attached hydrogens (tertiary/aromatic N) is 1. The third-order valence-corrected chi connectivity index (χ3v) is 3.48. The zero-order valence-corrected chi connectivity index (χ0v) is 11.7. The molecule has 0 aromatic heterocycles. The van der Waals surface area contributed by atoms with Gasteiger partial charge in [-0.1, -0.05) is 0 Å². The second-order valence-electron chi connectivity index (χ2n) is 5.09. The van der Waals surface area contributed by atoms with Gasteiger partial charge in [0.15, 0.2) is 0 Å². The van der Waals surface area contributed by atoms with E-state index in [1.54, 1.807) is 0 Å². The number of hydrogen-bond acceptors (Lipinski definition) is 6. The number of nitrogens with one attached hydrogen (secondary N) is 1. The number of esters is 1. The van der Waals surface area contributed by atoms with Crippen molar-refractivity contribution in [2.75, 3.05) is 46.5 Å². The van der Waals surface area contributed by atoms with Crippen molar-refractivity contribution in [2.24, 2.45) is 5.92 Å². The molecule has 0 aromatic carbocycles. The van der Waals surface area contributed by atoms with Crippen molar-refractivity contribution in [3.63, 3.8) is 0 Å². The second kappa shape index (κ2) is 9.25. The van der Waals surface area contributed by atoms with E-state index < -0.39 is 0 Å². The summed E-state index contributed by atoms with van der Waals surface area (Å²) in [5.41, 5.74) is 0. The van der Waals surface area contributed by atoms with E-state index in [0.717, 1.165) is 32.5 Å². The Balaban J connectivity index is 2.44. The van der Waals surface area contributed by atoms with Crippen LogP contribution in [0.3, 0.4) is 0 Å². The lowest BCUT2D eigenvalue weighted by Gasteiger charge is -2.37. The van der Waals surface area contributed by atoms with Crippen molar-refractivity contribution in [3.05, 3.63) is 0 Å². The van der Waals surface area contributed by atoms with Crippen LogP contribution >= 0.6 is 0 Å². The molecule has 6 nitrogen and oxygen atoms in total. The average Bonchev–Trinajstić information content (AvgIpc) is 2.39. The lowest BCUT2D eigenvalue weighted by Crippen LogP contribution is -2.50. The van der Waals surface area contributed by atoms with E-state index in [0.29, 0.717) is 19.0 Å². The normalized spacial score (nSPS) is 24.4. The number of aliphatic hydroxyl groups excluding tert-OH is 2. The van der Waals surface area contributed by atoms with Gasteiger partial charge in [-0.15, -0.1) is 0 Å². The molecule has 0 aliphatic carbocycles. The van der Waals surface area contributed by atoms with E-state index in [-0.39, 0.29) is 25.1 Å². The highest BCUT2D eigenvalue weighted by atomic mass is 16.5. The monoisotopic (exact) mass is 274 g/mol. The lowest BCUT2D eigenvalue weighted by atomic mass is 9.91. The predicted octanol–water partition coefficient (Wildman–Crippen LogP) is -0.796. The van der Waals surface area contributed by atoms with Crippen LogP contribution in [-0.2, 0) is 9.53 Å². The third-order valence-electron chi connectivity index (χ3n) is 3.48. The van der Waals surface area contributed by atoms with E-state index in [2.05, 4.69) is 10.2 Å². The Morgan fingerprint density at radius 3 is 2.79 bits per heavy atom.